The van der Waals surface area contributed by atoms with Crippen molar-refractivity contribution in [3.63, 3.8) is 0 Å². The zero-order chi connectivity index (χ0) is 17.1. The van der Waals surface area contributed by atoms with Gasteiger partial charge in [-0.15, -0.1) is 0 Å². The second kappa shape index (κ2) is 6.81. The molecule has 0 radical (unpaired) electrons. The Hall–Kier alpha value is -2.37. The number of rotatable bonds is 5. The van der Waals surface area contributed by atoms with E-state index in [4.69, 9.17) is 4.42 Å². The highest BCUT2D eigenvalue weighted by Crippen LogP contribution is 2.23. The lowest BCUT2D eigenvalue weighted by Crippen LogP contribution is -2.27. The quantitative estimate of drug-likeness (QED) is 0.892. The van der Waals surface area contributed by atoms with Gasteiger partial charge in [-0.1, -0.05) is 12.1 Å². The van der Waals surface area contributed by atoms with Crippen LogP contribution in [0, 0.1) is 20.8 Å². The third-order valence-electron chi connectivity index (χ3n) is 3.74. The van der Waals surface area contributed by atoms with Crippen molar-refractivity contribution in [1.82, 2.24) is 5.32 Å². The van der Waals surface area contributed by atoms with Gasteiger partial charge >= 0.3 is 6.61 Å². The van der Waals surface area contributed by atoms with Gasteiger partial charge in [0.05, 0.1) is 11.6 Å². The van der Waals surface area contributed by atoms with Crippen molar-refractivity contribution < 1.29 is 22.7 Å². The third kappa shape index (κ3) is 3.88. The van der Waals surface area contributed by atoms with Gasteiger partial charge in [-0.05, 0) is 45.4 Å². The molecule has 1 aromatic heterocycles. The number of benzene rings is 1. The van der Waals surface area contributed by atoms with E-state index in [1.54, 1.807) is 19.1 Å². The molecule has 1 amide bonds. The molecular formula is C17H19F2NO3. The number of halogens is 2. The van der Waals surface area contributed by atoms with E-state index in [-0.39, 0.29) is 17.7 Å². The molecule has 1 heterocycles. The fourth-order valence-corrected chi connectivity index (χ4v) is 2.42. The highest BCUT2D eigenvalue weighted by Gasteiger charge is 2.20. The summed E-state index contributed by atoms with van der Waals surface area (Å²) >= 11 is 0. The summed E-state index contributed by atoms with van der Waals surface area (Å²) in [6, 6.07) is 5.90. The Balaban J connectivity index is 2.09. The predicted octanol–water partition coefficient (Wildman–Crippen LogP) is 4.30. The Kier molecular flexibility index (Phi) is 5.03. The molecule has 1 aromatic carbocycles. The van der Waals surface area contributed by atoms with Crippen LogP contribution in [0.25, 0.3) is 0 Å². The van der Waals surface area contributed by atoms with Crippen LogP contribution in [0.4, 0.5) is 8.78 Å². The summed E-state index contributed by atoms with van der Waals surface area (Å²) in [5, 5.41) is 2.88. The number of aryl methyl sites for hydroxylation is 2. The van der Waals surface area contributed by atoms with Crippen LogP contribution in [-0.2, 0) is 0 Å². The average Bonchev–Trinajstić information content (AvgIpc) is 2.72. The maximum absolute atomic E-state index is 12.4. The van der Waals surface area contributed by atoms with Gasteiger partial charge in [0.25, 0.3) is 5.91 Å². The largest absolute Gasteiger partial charge is 0.466 e. The summed E-state index contributed by atoms with van der Waals surface area (Å²) in [7, 11) is 0. The van der Waals surface area contributed by atoms with E-state index in [0.29, 0.717) is 17.1 Å². The number of carbonyl (C=O) groups excluding carboxylic acids is 1. The zero-order valence-electron chi connectivity index (χ0n) is 13.4. The molecule has 1 atom stereocenters. The van der Waals surface area contributed by atoms with E-state index in [0.717, 1.165) is 11.1 Å². The molecule has 0 bridgehead atoms. The molecule has 0 saturated carbocycles. The Morgan fingerprint density at radius 2 is 1.74 bits per heavy atom. The second-order valence-corrected chi connectivity index (χ2v) is 5.36. The van der Waals surface area contributed by atoms with Gasteiger partial charge in [0.15, 0.2) is 0 Å². The van der Waals surface area contributed by atoms with Crippen molar-refractivity contribution in [2.45, 2.75) is 40.3 Å². The van der Waals surface area contributed by atoms with Crippen molar-refractivity contribution >= 4 is 5.91 Å². The van der Waals surface area contributed by atoms with Gasteiger partial charge in [0.2, 0.25) is 0 Å². The van der Waals surface area contributed by atoms with Gasteiger partial charge in [-0.2, -0.15) is 8.78 Å². The van der Waals surface area contributed by atoms with Crippen LogP contribution >= 0.6 is 0 Å². The first-order chi connectivity index (χ1) is 10.8. The summed E-state index contributed by atoms with van der Waals surface area (Å²) in [6.45, 7) is 4.36. The van der Waals surface area contributed by atoms with Crippen LogP contribution in [0.2, 0.25) is 0 Å². The average molecular weight is 323 g/mol. The molecule has 6 heteroatoms. The lowest BCUT2D eigenvalue weighted by atomic mass is 10.1. The van der Waals surface area contributed by atoms with Crippen LogP contribution in [0.3, 0.4) is 0 Å². The fraction of sp³-hybridized carbons (Fsp3) is 0.353. The summed E-state index contributed by atoms with van der Waals surface area (Å²) in [6.07, 6.45) is 0. The molecule has 4 nitrogen and oxygen atoms in total. The Morgan fingerprint density at radius 1 is 1.13 bits per heavy atom. The molecule has 0 spiro atoms. The SMILES string of the molecule is Cc1oc(C)c(C(=O)NC(C)c2ccc(OC(F)F)cc2)c1C. The highest BCUT2D eigenvalue weighted by atomic mass is 19.3. The lowest BCUT2D eigenvalue weighted by Gasteiger charge is -2.15. The van der Waals surface area contributed by atoms with E-state index in [9.17, 15) is 13.6 Å². The predicted molar refractivity (Wildman–Crippen MR) is 81.9 cm³/mol. The number of hydrogen-bond donors (Lipinski definition) is 1. The number of furan rings is 1. The first-order valence-corrected chi connectivity index (χ1v) is 7.21. The molecule has 2 rings (SSSR count). The second-order valence-electron chi connectivity index (χ2n) is 5.36. The number of carbonyl (C=O) groups is 1. The maximum atomic E-state index is 12.4. The lowest BCUT2D eigenvalue weighted by molar-refractivity contribution is -0.0498. The highest BCUT2D eigenvalue weighted by molar-refractivity contribution is 5.97. The fourth-order valence-electron chi connectivity index (χ4n) is 2.42. The van der Waals surface area contributed by atoms with E-state index < -0.39 is 6.61 Å². The van der Waals surface area contributed by atoms with Crippen molar-refractivity contribution in [2.24, 2.45) is 0 Å². The number of alkyl halides is 2. The maximum Gasteiger partial charge on any atom is 0.387 e. The molecule has 0 aliphatic heterocycles. The van der Waals surface area contributed by atoms with Crippen molar-refractivity contribution in [2.75, 3.05) is 0 Å². The molecular weight excluding hydrogens is 304 g/mol. The number of ether oxygens (including phenoxy) is 1. The molecule has 0 aliphatic carbocycles. The molecule has 0 aliphatic rings. The van der Waals surface area contributed by atoms with Crippen LogP contribution in [0.5, 0.6) is 5.75 Å². The molecule has 0 saturated heterocycles. The van der Waals surface area contributed by atoms with E-state index >= 15 is 0 Å². The van der Waals surface area contributed by atoms with Gasteiger partial charge in [0, 0.05) is 5.56 Å². The number of hydrogen-bond acceptors (Lipinski definition) is 3. The number of nitrogens with one attached hydrogen (secondary N) is 1. The molecule has 2 aromatic rings. The van der Waals surface area contributed by atoms with E-state index in [1.807, 2.05) is 20.8 Å². The summed E-state index contributed by atoms with van der Waals surface area (Å²) in [4.78, 5) is 12.4. The standard InChI is InChI=1S/C17H19F2NO3/c1-9-11(3)22-12(4)15(9)16(21)20-10(2)13-5-7-14(8-6-13)23-17(18)19/h5-8,10,17H,1-4H3,(H,20,21). The third-order valence-corrected chi connectivity index (χ3v) is 3.74. The summed E-state index contributed by atoms with van der Waals surface area (Å²) in [5.74, 6) is 1.15. The topological polar surface area (TPSA) is 51.5 Å². The minimum atomic E-state index is -2.85. The molecule has 1 unspecified atom stereocenters. The summed E-state index contributed by atoms with van der Waals surface area (Å²) in [5.41, 5.74) is 2.13. The van der Waals surface area contributed by atoms with Gasteiger partial charge in [-0.3, -0.25) is 4.79 Å². The minimum absolute atomic E-state index is 0.0828. The van der Waals surface area contributed by atoms with Crippen molar-refractivity contribution in [3.8, 4) is 5.75 Å². The minimum Gasteiger partial charge on any atom is -0.466 e. The van der Waals surface area contributed by atoms with Crippen LogP contribution in [-0.4, -0.2) is 12.5 Å². The summed E-state index contributed by atoms with van der Waals surface area (Å²) < 4.78 is 34.0. The van der Waals surface area contributed by atoms with Gasteiger partial charge in [0.1, 0.15) is 17.3 Å². The van der Waals surface area contributed by atoms with Crippen LogP contribution in [0.15, 0.2) is 28.7 Å². The van der Waals surface area contributed by atoms with Crippen molar-refractivity contribution in [3.05, 3.63) is 52.5 Å². The van der Waals surface area contributed by atoms with E-state index in [2.05, 4.69) is 10.1 Å². The first kappa shape index (κ1) is 17.0. The van der Waals surface area contributed by atoms with E-state index in [1.165, 1.54) is 12.1 Å². The van der Waals surface area contributed by atoms with Crippen LogP contribution < -0.4 is 10.1 Å². The molecule has 0 fully saturated rings. The molecule has 1 N–H and O–H groups in total. The Morgan fingerprint density at radius 3 is 2.22 bits per heavy atom. The normalized spacial score (nSPS) is 12.3. The van der Waals surface area contributed by atoms with Crippen molar-refractivity contribution in [1.29, 1.82) is 0 Å². The van der Waals surface area contributed by atoms with Gasteiger partial charge < -0.3 is 14.5 Å². The molecule has 23 heavy (non-hydrogen) atoms. The number of amides is 1. The first-order valence-electron chi connectivity index (χ1n) is 7.21. The zero-order valence-corrected chi connectivity index (χ0v) is 13.4. The monoisotopic (exact) mass is 323 g/mol. The van der Waals surface area contributed by atoms with Crippen LogP contribution in [0.1, 0.15) is 46.0 Å². The Bertz CT molecular complexity index is 693. The Labute approximate surface area is 133 Å². The smallest absolute Gasteiger partial charge is 0.387 e. The van der Waals surface area contributed by atoms with Gasteiger partial charge in [-0.25, -0.2) is 0 Å². The molecule has 124 valence electrons.